The van der Waals surface area contributed by atoms with Crippen molar-refractivity contribution < 1.29 is 9.53 Å². The molecule has 0 aliphatic heterocycles. The minimum Gasteiger partial charge on any atom is -0.465 e. The maximum absolute atomic E-state index is 12.2. The summed E-state index contributed by atoms with van der Waals surface area (Å²) in [7, 11) is 0. The molecule has 0 amide bonds. The van der Waals surface area contributed by atoms with Crippen molar-refractivity contribution >= 4 is 18.1 Å². The van der Waals surface area contributed by atoms with E-state index in [1.165, 1.54) is 109 Å². The monoisotopic (exact) mass is 546 g/mol. The number of guanidine groups is 1. The number of nitrogens with one attached hydrogen (secondary N) is 2. The number of nitrogens with zero attached hydrogens (tertiary/aromatic N) is 2. The predicted molar refractivity (Wildman–Crippen MR) is 167 cm³/mol. The summed E-state index contributed by atoms with van der Waals surface area (Å²) in [5.74, 6) is 0.939. The minimum absolute atomic E-state index is 0.0720. The summed E-state index contributed by atoms with van der Waals surface area (Å²) in [6.45, 7) is 8.35. The lowest BCUT2D eigenvalue weighted by molar-refractivity contribution is -0.145. The quantitative estimate of drug-likeness (QED) is 0.0742. The fraction of sp³-hybridized carbons (Fsp3) is 0.909. The lowest BCUT2D eigenvalue weighted by atomic mass is 9.95. The van der Waals surface area contributed by atoms with Gasteiger partial charge in [0.05, 0.1) is 0 Å². The van der Waals surface area contributed by atoms with Crippen LogP contribution in [0.3, 0.4) is 0 Å². The average Bonchev–Trinajstić information content (AvgIpc) is 2.94. The average molecular weight is 547 g/mol. The Morgan fingerprint density at radius 1 is 0.769 bits per heavy atom. The molecule has 6 heteroatoms. The van der Waals surface area contributed by atoms with E-state index in [4.69, 9.17) is 9.73 Å². The van der Waals surface area contributed by atoms with Crippen LogP contribution in [-0.2, 0) is 9.53 Å². The molecule has 0 atom stereocenters. The summed E-state index contributed by atoms with van der Waals surface area (Å²) in [6, 6.07) is 1.13. The van der Waals surface area contributed by atoms with Gasteiger partial charge in [0.25, 0.3) is 0 Å². The number of aliphatic imine (C=N–C) groups is 2. The van der Waals surface area contributed by atoms with Crippen LogP contribution in [0.5, 0.6) is 0 Å². The van der Waals surface area contributed by atoms with Crippen LogP contribution in [0, 0.1) is 5.41 Å². The van der Waals surface area contributed by atoms with Crippen LogP contribution >= 0.6 is 0 Å². The molecule has 0 radical (unpaired) electrons. The maximum Gasteiger partial charge on any atom is 0.305 e. The highest BCUT2D eigenvalue weighted by atomic mass is 16.5. The van der Waals surface area contributed by atoms with E-state index in [-0.39, 0.29) is 11.4 Å². The number of esters is 1. The molecular weight excluding hydrogens is 484 g/mol. The van der Waals surface area contributed by atoms with Crippen molar-refractivity contribution in [3.63, 3.8) is 0 Å². The van der Waals surface area contributed by atoms with E-state index < -0.39 is 0 Å². The third-order valence-corrected chi connectivity index (χ3v) is 8.14. The molecule has 2 N–H and O–H groups in total. The normalized spacial score (nSPS) is 17.3. The predicted octanol–water partition coefficient (Wildman–Crippen LogP) is 8.14. The second kappa shape index (κ2) is 21.2. The van der Waals surface area contributed by atoms with E-state index >= 15 is 0 Å². The van der Waals surface area contributed by atoms with Gasteiger partial charge in [0.1, 0.15) is 6.61 Å². The molecule has 6 nitrogen and oxygen atoms in total. The Balaban J connectivity index is 1.59. The Bertz CT molecular complexity index is 657. The van der Waals surface area contributed by atoms with Crippen molar-refractivity contribution in [3.05, 3.63) is 0 Å². The first-order valence-corrected chi connectivity index (χ1v) is 16.7. The van der Waals surface area contributed by atoms with Crippen LogP contribution in [0.4, 0.5) is 0 Å². The van der Waals surface area contributed by atoms with Gasteiger partial charge in [-0.2, -0.15) is 0 Å². The largest absolute Gasteiger partial charge is 0.465 e. The van der Waals surface area contributed by atoms with Crippen molar-refractivity contribution in [2.24, 2.45) is 15.4 Å². The highest BCUT2D eigenvalue weighted by Crippen LogP contribution is 2.19. The Labute approximate surface area is 241 Å². The van der Waals surface area contributed by atoms with Gasteiger partial charge in [-0.15, -0.1) is 0 Å². The molecule has 2 aliphatic carbocycles. The molecule has 226 valence electrons. The lowest BCUT2D eigenvalue weighted by Gasteiger charge is -2.29. The SMILES string of the molecule is CCCCCCCCCCCC(=O)OCC(C)(C)C=NCCCN=C(NC1CCCCC1)NC1CCCCC1. The summed E-state index contributed by atoms with van der Waals surface area (Å²) in [5, 5.41) is 7.46. The number of unbranched alkanes of at least 4 members (excludes halogenated alkanes) is 8. The summed E-state index contributed by atoms with van der Waals surface area (Å²) >= 11 is 0. The molecule has 2 rings (SSSR count). The molecule has 2 aliphatic rings. The summed E-state index contributed by atoms with van der Waals surface area (Å²) < 4.78 is 5.56. The minimum atomic E-state index is -0.242. The fourth-order valence-corrected chi connectivity index (χ4v) is 5.63. The summed E-state index contributed by atoms with van der Waals surface area (Å²) in [5.41, 5.74) is -0.242. The Morgan fingerprint density at radius 3 is 1.87 bits per heavy atom. The molecule has 2 saturated carbocycles. The van der Waals surface area contributed by atoms with Crippen molar-refractivity contribution in [3.8, 4) is 0 Å². The zero-order valence-corrected chi connectivity index (χ0v) is 25.9. The molecule has 0 spiro atoms. The third kappa shape index (κ3) is 17.7. The molecule has 0 aromatic rings. The van der Waals surface area contributed by atoms with E-state index in [9.17, 15) is 4.79 Å². The third-order valence-electron chi connectivity index (χ3n) is 8.14. The van der Waals surface area contributed by atoms with Crippen molar-refractivity contribution in [2.75, 3.05) is 19.7 Å². The topological polar surface area (TPSA) is 75.1 Å². The standard InChI is InChI=1S/C33H62N4O2/c1-4-5-6-7-8-9-10-11-18-24-31(38)39-28-33(2,3)27-34-25-19-26-35-32(36-29-20-14-12-15-21-29)37-30-22-16-13-17-23-30/h27,29-30H,4-26,28H2,1-3H3,(H2,35,36,37). The zero-order chi connectivity index (χ0) is 28.0. The molecule has 2 fully saturated rings. The number of ether oxygens (including phenoxy) is 1. The van der Waals surface area contributed by atoms with Gasteiger partial charge in [-0.1, -0.05) is 111 Å². The molecular formula is C33H62N4O2. The Hall–Kier alpha value is -1.59. The van der Waals surface area contributed by atoms with Gasteiger partial charge in [0.15, 0.2) is 5.96 Å². The van der Waals surface area contributed by atoms with E-state index in [1.54, 1.807) is 0 Å². The van der Waals surface area contributed by atoms with Gasteiger partial charge in [0.2, 0.25) is 0 Å². The summed E-state index contributed by atoms with van der Waals surface area (Å²) in [4.78, 5) is 21.7. The Morgan fingerprint density at radius 2 is 1.31 bits per heavy atom. The number of carbonyl (C=O) groups excluding carboxylic acids is 1. The Kier molecular flexibility index (Phi) is 18.3. The van der Waals surface area contributed by atoms with Crippen LogP contribution in [0.2, 0.25) is 0 Å². The number of hydrogen-bond donors (Lipinski definition) is 2. The van der Waals surface area contributed by atoms with Crippen LogP contribution in [-0.4, -0.2) is 49.9 Å². The number of carbonyl (C=O) groups is 1. The first-order valence-electron chi connectivity index (χ1n) is 16.7. The van der Waals surface area contributed by atoms with E-state index in [0.29, 0.717) is 25.1 Å². The van der Waals surface area contributed by atoms with Crippen molar-refractivity contribution in [1.29, 1.82) is 0 Å². The highest BCUT2D eigenvalue weighted by molar-refractivity contribution is 5.80. The van der Waals surface area contributed by atoms with Gasteiger partial charge in [-0.25, -0.2) is 0 Å². The first kappa shape index (κ1) is 33.6. The highest BCUT2D eigenvalue weighted by Gasteiger charge is 2.19. The zero-order valence-electron chi connectivity index (χ0n) is 25.9. The molecule has 39 heavy (non-hydrogen) atoms. The van der Waals surface area contributed by atoms with E-state index in [2.05, 4.69) is 36.4 Å². The maximum atomic E-state index is 12.2. The van der Waals surface area contributed by atoms with Crippen molar-refractivity contribution in [2.45, 2.75) is 168 Å². The van der Waals surface area contributed by atoms with Crippen LogP contribution < -0.4 is 10.6 Å². The molecule has 0 bridgehead atoms. The molecule has 0 heterocycles. The molecule has 0 saturated heterocycles. The van der Waals surface area contributed by atoms with Crippen molar-refractivity contribution in [1.82, 2.24) is 10.6 Å². The number of rotatable bonds is 19. The molecule has 0 unspecified atom stereocenters. The van der Waals surface area contributed by atoms with E-state index in [1.807, 2.05) is 6.21 Å². The molecule has 0 aromatic heterocycles. The van der Waals surface area contributed by atoms with Gasteiger partial charge in [-0.3, -0.25) is 14.8 Å². The van der Waals surface area contributed by atoms with Gasteiger partial charge in [-0.05, 0) is 38.5 Å². The smallest absolute Gasteiger partial charge is 0.305 e. The van der Waals surface area contributed by atoms with Crippen LogP contribution in [0.15, 0.2) is 9.98 Å². The number of hydrogen-bond acceptors (Lipinski definition) is 4. The van der Waals surface area contributed by atoms with E-state index in [0.717, 1.165) is 38.3 Å². The second-order valence-electron chi connectivity index (χ2n) is 12.8. The lowest BCUT2D eigenvalue weighted by Crippen LogP contribution is -2.48. The van der Waals surface area contributed by atoms with Crippen LogP contribution in [0.25, 0.3) is 0 Å². The van der Waals surface area contributed by atoms with Gasteiger partial charge in [0, 0.05) is 43.2 Å². The van der Waals surface area contributed by atoms with Gasteiger partial charge < -0.3 is 15.4 Å². The fourth-order valence-electron chi connectivity index (χ4n) is 5.63. The second-order valence-corrected chi connectivity index (χ2v) is 12.8. The first-order chi connectivity index (χ1) is 19.0. The summed E-state index contributed by atoms with van der Waals surface area (Å²) in [6.07, 6.45) is 27.8. The molecule has 0 aromatic carbocycles. The van der Waals surface area contributed by atoms with Gasteiger partial charge >= 0.3 is 5.97 Å². The van der Waals surface area contributed by atoms with Crippen LogP contribution in [0.1, 0.15) is 156 Å².